The van der Waals surface area contributed by atoms with E-state index in [0.717, 1.165) is 41.7 Å². The number of nitrogens with one attached hydrogen (secondary N) is 1. The van der Waals surface area contributed by atoms with Crippen molar-refractivity contribution in [3.8, 4) is 5.69 Å². The van der Waals surface area contributed by atoms with Crippen LogP contribution < -0.4 is 10.2 Å². The molecule has 3 heterocycles. The Labute approximate surface area is 146 Å². The van der Waals surface area contributed by atoms with Gasteiger partial charge in [0, 0.05) is 25.2 Å². The van der Waals surface area contributed by atoms with Crippen molar-refractivity contribution in [1.82, 2.24) is 25.1 Å². The highest BCUT2D eigenvalue weighted by Crippen LogP contribution is 2.28. The summed E-state index contributed by atoms with van der Waals surface area (Å²) in [6.45, 7) is 2.07. The Morgan fingerprint density at radius 1 is 0.920 bits per heavy atom. The molecule has 1 saturated carbocycles. The Bertz CT molecular complexity index is 862. The van der Waals surface area contributed by atoms with Crippen LogP contribution in [0.2, 0.25) is 0 Å². The van der Waals surface area contributed by atoms with Crippen molar-refractivity contribution in [1.29, 1.82) is 0 Å². The van der Waals surface area contributed by atoms with Gasteiger partial charge in [0.15, 0.2) is 5.65 Å². The van der Waals surface area contributed by atoms with Crippen molar-refractivity contribution in [3.63, 3.8) is 0 Å². The molecule has 2 aromatic heterocycles. The maximum Gasteiger partial charge on any atom is 0.168 e. The molecule has 2 fully saturated rings. The molecule has 6 nitrogen and oxygen atoms in total. The van der Waals surface area contributed by atoms with E-state index in [2.05, 4.69) is 25.3 Å². The molecule has 2 aliphatic rings. The predicted molar refractivity (Wildman–Crippen MR) is 98.1 cm³/mol. The van der Waals surface area contributed by atoms with Crippen LogP contribution >= 0.6 is 0 Å². The van der Waals surface area contributed by atoms with Crippen LogP contribution in [0.3, 0.4) is 0 Å². The third-order valence-electron chi connectivity index (χ3n) is 5.19. The third-order valence-corrected chi connectivity index (χ3v) is 5.19. The number of fused-ring (bicyclic) bond motifs is 1. The summed E-state index contributed by atoms with van der Waals surface area (Å²) < 4.78 is 1.89. The van der Waals surface area contributed by atoms with E-state index >= 15 is 0 Å². The summed E-state index contributed by atoms with van der Waals surface area (Å²) in [4.78, 5) is 11.4. The minimum atomic E-state index is 0.660. The average Bonchev–Trinajstić information content (AvgIpc) is 3.38. The molecule has 0 amide bonds. The lowest BCUT2D eigenvalue weighted by Gasteiger charge is -2.33. The van der Waals surface area contributed by atoms with Crippen LogP contribution in [0.15, 0.2) is 42.9 Å². The van der Waals surface area contributed by atoms with E-state index in [9.17, 15) is 0 Å². The number of nitrogens with zero attached hydrogens (tertiary/aromatic N) is 5. The molecule has 1 aliphatic heterocycles. The Kier molecular flexibility index (Phi) is 3.63. The molecule has 1 aliphatic carbocycles. The average molecular weight is 334 g/mol. The smallest absolute Gasteiger partial charge is 0.168 e. The number of anilines is 1. The van der Waals surface area contributed by atoms with Crippen molar-refractivity contribution < 1.29 is 0 Å². The van der Waals surface area contributed by atoms with E-state index in [1.807, 2.05) is 41.2 Å². The van der Waals surface area contributed by atoms with E-state index < -0.39 is 0 Å². The van der Waals surface area contributed by atoms with Gasteiger partial charge in [0.25, 0.3) is 0 Å². The van der Waals surface area contributed by atoms with E-state index in [-0.39, 0.29) is 0 Å². The molecule has 0 unspecified atom stereocenters. The Morgan fingerprint density at radius 2 is 1.68 bits per heavy atom. The molecule has 128 valence electrons. The monoisotopic (exact) mass is 334 g/mol. The van der Waals surface area contributed by atoms with Crippen LogP contribution in [0, 0.1) is 0 Å². The molecule has 6 heteroatoms. The molecule has 1 N–H and O–H groups in total. The minimum Gasteiger partial charge on any atom is -0.356 e. The Hall–Kier alpha value is -2.47. The van der Waals surface area contributed by atoms with Crippen LogP contribution in [-0.2, 0) is 0 Å². The largest absolute Gasteiger partial charge is 0.356 e. The quantitative estimate of drug-likeness (QED) is 0.794. The predicted octanol–water partition coefficient (Wildman–Crippen LogP) is 2.54. The Balaban J connectivity index is 1.41. The molecule has 0 radical (unpaired) electrons. The van der Waals surface area contributed by atoms with Gasteiger partial charge < -0.3 is 10.2 Å². The lowest BCUT2D eigenvalue weighted by atomic mass is 10.0. The van der Waals surface area contributed by atoms with Crippen LogP contribution in [0.4, 0.5) is 5.82 Å². The number of benzene rings is 1. The fraction of sp³-hybridized carbons (Fsp3) is 0.421. The summed E-state index contributed by atoms with van der Waals surface area (Å²) in [6, 6.07) is 11.6. The highest BCUT2D eigenvalue weighted by Gasteiger charge is 2.28. The van der Waals surface area contributed by atoms with Gasteiger partial charge in [0.05, 0.1) is 17.3 Å². The summed E-state index contributed by atoms with van der Waals surface area (Å²) in [5, 5.41) is 9.34. The molecule has 25 heavy (non-hydrogen) atoms. The third kappa shape index (κ3) is 2.87. The first-order valence-corrected chi connectivity index (χ1v) is 9.13. The van der Waals surface area contributed by atoms with E-state index in [1.54, 1.807) is 6.33 Å². The normalized spacial score (nSPS) is 18.8. The van der Waals surface area contributed by atoms with Gasteiger partial charge in [0.1, 0.15) is 12.1 Å². The molecular weight excluding hydrogens is 312 g/mol. The number of aromatic nitrogens is 4. The highest BCUT2D eigenvalue weighted by atomic mass is 15.3. The van der Waals surface area contributed by atoms with Gasteiger partial charge in [-0.05, 0) is 37.8 Å². The summed E-state index contributed by atoms with van der Waals surface area (Å²) in [5.41, 5.74) is 1.89. The molecule has 0 bridgehead atoms. The second-order valence-electron chi connectivity index (χ2n) is 7.03. The van der Waals surface area contributed by atoms with Gasteiger partial charge in [-0.25, -0.2) is 14.6 Å². The highest BCUT2D eigenvalue weighted by molar-refractivity contribution is 5.87. The van der Waals surface area contributed by atoms with Crippen LogP contribution in [-0.4, -0.2) is 44.9 Å². The zero-order valence-electron chi connectivity index (χ0n) is 14.2. The van der Waals surface area contributed by atoms with Gasteiger partial charge in [0.2, 0.25) is 0 Å². The summed E-state index contributed by atoms with van der Waals surface area (Å²) in [7, 11) is 0. The van der Waals surface area contributed by atoms with Gasteiger partial charge in [-0.1, -0.05) is 18.2 Å². The topological polar surface area (TPSA) is 58.9 Å². The van der Waals surface area contributed by atoms with Gasteiger partial charge in [-0.3, -0.25) is 0 Å². The lowest BCUT2D eigenvalue weighted by Crippen LogP contribution is -2.43. The maximum absolute atomic E-state index is 4.58. The molecule has 1 saturated heterocycles. The summed E-state index contributed by atoms with van der Waals surface area (Å²) >= 11 is 0. The summed E-state index contributed by atoms with van der Waals surface area (Å²) in [5.74, 6) is 1.01. The number of hydrogen-bond acceptors (Lipinski definition) is 5. The molecule has 3 aromatic rings. The number of piperidine rings is 1. The van der Waals surface area contributed by atoms with Crippen molar-refractivity contribution >= 4 is 16.9 Å². The maximum atomic E-state index is 4.58. The van der Waals surface area contributed by atoms with Gasteiger partial charge in [-0.2, -0.15) is 5.10 Å². The second kappa shape index (κ2) is 6.11. The molecular formula is C19H22N6. The molecule has 1 aromatic carbocycles. The standard InChI is InChI=1S/C19H22N6/c1-2-4-16(5-3-1)25-19-17(12-22-25)18(20-13-21-19)24-10-8-15(9-11-24)23-14-6-7-14/h1-5,12-15,23H,6-11H2. The van der Waals surface area contributed by atoms with Crippen molar-refractivity contribution in [3.05, 3.63) is 42.9 Å². The first-order chi connectivity index (χ1) is 12.4. The second-order valence-corrected chi connectivity index (χ2v) is 7.03. The number of rotatable bonds is 4. The minimum absolute atomic E-state index is 0.660. The van der Waals surface area contributed by atoms with Crippen LogP contribution in [0.25, 0.3) is 16.7 Å². The lowest BCUT2D eigenvalue weighted by molar-refractivity contribution is 0.412. The van der Waals surface area contributed by atoms with Crippen molar-refractivity contribution in [2.75, 3.05) is 18.0 Å². The van der Waals surface area contributed by atoms with E-state index in [0.29, 0.717) is 6.04 Å². The fourth-order valence-corrected chi connectivity index (χ4v) is 3.68. The number of para-hydroxylation sites is 1. The fourth-order valence-electron chi connectivity index (χ4n) is 3.68. The van der Waals surface area contributed by atoms with Crippen LogP contribution in [0.1, 0.15) is 25.7 Å². The Morgan fingerprint density at radius 3 is 2.44 bits per heavy atom. The van der Waals surface area contributed by atoms with Crippen molar-refractivity contribution in [2.24, 2.45) is 0 Å². The SMILES string of the molecule is c1ccc(-n2ncc3c(N4CCC(NC5CC5)CC4)ncnc32)cc1. The molecule has 0 atom stereocenters. The molecule has 0 spiro atoms. The van der Waals surface area contributed by atoms with E-state index in [1.165, 1.54) is 25.7 Å². The first-order valence-electron chi connectivity index (χ1n) is 9.13. The van der Waals surface area contributed by atoms with Crippen LogP contribution in [0.5, 0.6) is 0 Å². The zero-order chi connectivity index (χ0) is 16.6. The van der Waals surface area contributed by atoms with E-state index in [4.69, 9.17) is 0 Å². The zero-order valence-corrected chi connectivity index (χ0v) is 14.2. The molecule has 5 rings (SSSR count). The van der Waals surface area contributed by atoms with Crippen molar-refractivity contribution in [2.45, 2.75) is 37.8 Å². The summed E-state index contributed by atoms with van der Waals surface area (Å²) in [6.07, 6.45) is 8.61. The van der Waals surface area contributed by atoms with Gasteiger partial charge in [-0.15, -0.1) is 0 Å². The number of hydrogen-bond donors (Lipinski definition) is 1. The first kappa shape index (κ1) is 14.8. The van der Waals surface area contributed by atoms with Gasteiger partial charge >= 0.3 is 0 Å².